The average Bonchev–Trinajstić information content (AvgIpc) is 2.78. The zero-order valence-electron chi connectivity index (χ0n) is 12.2. The highest BCUT2D eigenvalue weighted by Crippen LogP contribution is 2.26. The summed E-state index contributed by atoms with van der Waals surface area (Å²) >= 11 is 1.75. The first-order valence-corrected chi connectivity index (χ1v) is 7.34. The molecule has 4 nitrogen and oxygen atoms in total. The molecule has 0 saturated carbocycles. The lowest BCUT2D eigenvalue weighted by atomic mass is 10.1. The predicted molar refractivity (Wildman–Crippen MR) is 83.5 cm³/mol. The largest absolute Gasteiger partial charge is 0.373 e. The summed E-state index contributed by atoms with van der Waals surface area (Å²) in [7, 11) is 1.80. The first-order valence-electron chi connectivity index (χ1n) is 6.53. The Bertz CT molecular complexity index is 604. The van der Waals surface area contributed by atoms with Crippen molar-refractivity contribution in [3.63, 3.8) is 0 Å². The maximum Gasteiger partial charge on any atom is 0.253 e. The highest BCUT2D eigenvalue weighted by molar-refractivity contribution is 7.12. The molecule has 0 aromatic carbocycles. The summed E-state index contributed by atoms with van der Waals surface area (Å²) in [6.45, 7) is 6.16. The Kier molecular flexibility index (Phi) is 4.39. The summed E-state index contributed by atoms with van der Waals surface area (Å²) < 4.78 is 0. The standard InChI is InChI=1S/C15H19N3OS/c1-9-7-13(11(3)20-9)10(2)18-15(19)12-5-6-14(16-4)17-8-12/h5-8,10H,1-4H3,(H,16,17)(H,18,19). The number of nitrogens with zero attached hydrogens (tertiary/aromatic N) is 1. The lowest BCUT2D eigenvalue weighted by Crippen LogP contribution is -2.26. The second-order valence-corrected chi connectivity index (χ2v) is 6.21. The third-order valence-corrected chi connectivity index (χ3v) is 4.16. The van der Waals surface area contributed by atoms with Crippen LogP contribution in [0.4, 0.5) is 5.82 Å². The maximum absolute atomic E-state index is 12.2. The Hall–Kier alpha value is -1.88. The molecule has 0 aliphatic heterocycles. The molecular formula is C15H19N3OS. The van der Waals surface area contributed by atoms with E-state index in [-0.39, 0.29) is 11.9 Å². The normalized spacial score (nSPS) is 12.0. The molecule has 0 bridgehead atoms. The van der Waals surface area contributed by atoms with E-state index in [1.807, 2.05) is 6.92 Å². The third-order valence-electron chi connectivity index (χ3n) is 3.18. The van der Waals surface area contributed by atoms with Gasteiger partial charge < -0.3 is 10.6 Å². The molecular weight excluding hydrogens is 270 g/mol. The molecule has 5 heteroatoms. The number of amides is 1. The number of anilines is 1. The molecule has 20 heavy (non-hydrogen) atoms. The van der Waals surface area contributed by atoms with Gasteiger partial charge in [-0.2, -0.15) is 0 Å². The van der Waals surface area contributed by atoms with Crippen LogP contribution in [0.15, 0.2) is 24.4 Å². The fraction of sp³-hybridized carbons (Fsp3) is 0.333. The SMILES string of the molecule is CNc1ccc(C(=O)NC(C)c2cc(C)sc2C)cn1. The van der Waals surface area contributed by atoms with E-state index in [0.29, 0.717) is 5.56 Å². The smallest absolute Gasteiger partial charge is 0.253 e. The first kappa shape index (κ1) is 14.5. The monoisotopic (exact) mass is 289 g/mol. The second kappa shape index (κ2) is 6.05. The Morgan fingerprint density at radius 2 is 2.10 bits per heavy atom. The van der Waals surface area contributed by atoms with Crippen molar-refractivity contribution in [2.24, 2.45) is 0 Å². The number of rotatable bonds is 4. The molecule has 0 aliphatic rings. The van der Waals surface area contributed by atoms with Crippen LogP contribution in [0.25, 0.3) is 0 Å². The van der Waals surface area contributed by atoms with Gasteiger partial charge in [0.05, 0.1) is 11.6 Å². The molecule has 2 rings (SSSR count). The van der Waals surface area contributed by atoms with Gasteiger partial charge in [0.25, 0.3) is 5.91 Å². The van der Waals surface area contributed by atoms with Gasteiger partial charge >= 0.3 is 0 Å². The van der Waals surface area contributed by atoms with Crippen LogP contribution in [0, 0.1) is 13.8 Å². The molecule has 0 spiro atoms. The molecule has 2 aromatic heterocycles. The van der Waals surface area contributed by atoms with E-state index >= 15 is 0 Å². The Morgan fingerprint density at radius 3 is 2.60 bits per heavy atom. The summed E-state index contributed by atoms with van der Waals surface area (Å²) in [6, 6.07) is 5.69. The van der Waals surface area contributed by atoms with Crippen LogP contribution in [-0.4, -0.2) is 17.9 Å². The predicted octanol–water partition coefficient (Wildman–Crippen LogP) is 3.29. The van der Waals surface area contributed by atoms with Crippen molar-refractivity contribution in [3.05, 3.63) is 45.3 Å². The van der Waals surface area contributed by atoms with Crippen LogP contribution in [0.3, 0.4) is 0 Å². The molecule has 2 heterocycles. The number of aryl methyl sites for hydroxylation is 2. The Labute approximate surface area is 123 Å². The Morgan fingerprint density at radius 1 is 1.35 bits per heavy atom. The fourth-order valence-corrected chi connectivity index (χ4v) is 3.14. The topological polar surface area (TPSA) is 54.0 Å². The van der Waals surface area contributed by atoms with E-state index in [0.717, 1.165) is 5.82 Å². The van der Waals surface area contributed by atoms with Gasteiger partial charge in [0.15, 0.2) is 0 Å². The van der Waals surface area contributed by atoms with Crippen LogP contribution >= 0.6 is 11.3 Å². The second-order valence-electron chi connectivity index (χ2n) is 4.75. The molecule has 0 saturated heterocycles. The molecule has 2 N–H and O–H groups in total. The summed E-state index contributed by atoms with van der Waals surface area (Å²) in [6.07, 6.45) is 1.58. The highest BCUT2D eigenvalue weighted by Gasteiger charge is 2.15. The van der Waals surface area contributed by atoms with Crippen molar-refractivity contribution in [3.8, 4) is 0 Å². The van der Waals surface area contributed by atoms with Crippen molar-refractivity contribution in [2.75, 3.05) is 12.4 Å². The molecule has 1 unspecified atom stereocenters. The van der Waals surface area contributed by atoms with E-state index in [9.17, 15) is 4.79 Å². The number of carbonyl (C=O) groups excluding carboxylic acids is 1. The highest BCUT2D eigenvalue weighted by atomic mass is 32.1. The number of nitrogens with one attached hydrogen (secondary N) is 2. The van der Waals surface area contributed by atoms with Gasteiger partial charge in [-0.25, -0.2) is 4.98 Å². The van der Waals surface area contributed by atoms with Gasteiger partial charge in [-0.3, -0.25) is 4.79 Å². The van der Waals surface area contributed by atoms with Crippen molar-refractivity contribution >= 4 is 23.1 Å². The first-order chi connectivity index (χ1) is 9.51. The van der Waals surface area contributed by atoms with E-state index in [1.165, 1.54) is 15.3 Å². The van der Waals surface area contributed by atoms with Crippen molar-refractivity contribution in [1.29, 1.82) is 0 Å². The van der Waals surface area contributed by atoms with Gasteiger partial charge in [0.1, 0.15) is 5.82 Å². The average molecular weight is 289 g/mol. The van der Waals surface area contributed by atoms with Gasteiger partial charge in [0, 0.05) is 23.0 Å². The summed E-state index contributed by atoms with van der Waals surface area (Å²) in [4.78, 5) is 18.8. The molecule has 0 aliphatic carbocycles. The minimum atomic E-state index is -0.101. The summed E-state index contributed by atoms with van der Waals surface area (Å²) in [5.74, 6) is 0.648. The van der Waals surface area contributed by atoms with E-state index in [2.05, 4.69) is 35.5 Å². The Balaban J connectivity index is 2.08. The minimum absolute atomic E-state index is 0.00331. The number of pyridine rings is 1. The van der Waals surface area contributed by atoms with E-state index in [1.54, 1.807) is 36.7 Å². The molecule has 1 amide bonds. The zero-order valence-corrected chi connectivity index (χ0v) is 13.0. The quantitative estimate of drug-likeness (QED) is 0.908. The molecule has 106 valence electrons. The molecule has 1 atom stereocenters. The van der Waals surface area contributed by atoms with E-state index < -0.39 is 0 Å². The van der Waals surface area contributed by atoms with Crippen LogP contribution in [0.2, 0.25) is 0 Å². The van der Waals surface area contributed by atoms with Crippen LogP contribution in [0.5, 0.6) is 0 Å². The third kappa shape index (κ3) is 3.17. The number of carbonyl (C=O) groups is 1. The van der Waals surface area contributed by atoms with E-state index in [4.69, 9.17) is 0 Å². The van der Waals surface area contributed by atoms with Crippen LogP contribution in [0.1, 0.15) is 38.6 Å². The van der Waals surface area contributed by atoms with Crippen molar-refractivity contribution in [1.82, 2.24) is 10.3 Å². The maximum atomic E-state index is 12.2. The van der Waals surface area contributed by atoms with Gasteiger partial charge in [-0.1, -0.05) is 0 Å². The fourth-order valence-electron chi connectivity index (χ4n) is 2.11. The van der Waals surface area contributed by atoms with Gasteiger partial charge in [-0.05, 0) is 44.5 Å². The zero-order chi connectivity index (χ0) is 14.7. The molecule has 2 aromatic rings. The lowest BCUT2D eigenvalue weighted by Gasteiger charge is -2.14. The number of hydrogen-bond donors (Lipinski definition) is 2. The van der Waals surface area contributed by atoms with Crippen LogP contribution in [-0.2, 0) is 0 Å². The lowest BCUT2D eigenvalue weighted by molar-refractivity contribution is 0.0939. The molecule has 0 radical (unpaired) electrons. The van der Waals surface area contributed by atoms with Crippen LogP contribution < -0.4 is 10.6 Å². The minimum Gasteiger partial charge on any atom is -0.373 e. The van der Waals surface area contributed by atoms with Crippen molar-refractivity contribution < 1.29 is 4.79 Å². The van der Waals surface area contributed by atoms with Gasteiger partial charge in [0.2, 0.25) is 0 Å². The summed E-state index contributed by atoms with van der Waals surface area (Å²) in [5, 5.41) is 5.94. The number of aromatic nitrogens is 1. The van der Waals surface area contributed by atoms with Gasteiger partial charge in [-0.15, -0.1) is 11.3 Å². The summed E-state index contributed by atoms with van der Waals surface area (Å²) in [5.41, 5.74) is 1.75. The van der Waals surface area contributed by atoms with Crippen molar-refractivity contribution in [2.45, 2.75) is 26.8 Å². The number of hydrogen-bond acceptors (Lipinski definition) is 4. The molecule has 0 fully saturated rings. The number of thiophene rings is 1.